The summed E-state index contributed by atoms with van der Waals surface area (Å²) >= 11 is 0. The highest BCUT2D eigenvalue weighted by atomic mass is 14.6. The highest BCUT2D eigenvalue weighted by molar-refractivity contribution is 5.51. The summed E-state index contributed by atoms with van der Waals surface area (Å²) in [6, 6.07) is 0. The fraction of sp³-hybridized carbons (Fsp3) is 0.167. The van der Waals surface area contributed by atoms with E-state index in [1.165, 1.54) is 11.1 Å². The third-order valence-electron chi connectivity index (χ3n) is 2.38. The third kappa shape index (κ3) is 1.50. The van der Waals surface area contributed by atoms with Crippen LogP contribution in [0.5, 0.6) is 0 Å². The van der Waals surface area contributed by atoms with Gasteiger partial charge in [0.15, 0.2) is 0 Å². The lowest BCUT2D eigenvalue weighted by molar-refractivity contribution is 0.863. The molecule has 1 nitrogen and oxygen atoms in total. The van der Waals surface area contributed by atoms with Crippen molar-refractivity contribution in [3.05, 3.63) is 59.4 Å². The highest BCUT2D eigenvalue weighted by Crippen LogP contribution is 2.26. The lowest BCUT2D eigenvalue weighted by Crippen LogP contribution is -2.06. The first-order chi connectivity index (χ1) is 6.27. The fourth-order valence-corrected chi connectivity index (χ4v) is 1.70. The number of nitrogens with two attached hydrogens (primary N) is 1. The van der Waals surface area contributed by atoms with E-state index in [0.717, 1.165) is 5.70 Å². The molecule has 66 valence electrons. The average molecular weight is 171 g/mol. The van der Waals surface area contributed by atoms with Crippen LogP contribution in [-0.4, -0.2) is 0 Å². The summed E-state index contributed by atoms with van der Waals surface area (Å²) in [7, 11) is 0. The normalized spacial score (nSPS) is 25.6. The van der Waals surface area contributed by atoms with Gasteiger partial charge in [-0.15, -0.1) is 0 Å². The Morgan fingerprint density at radius 2 is 1.77 bits per heavy atom. The summed E-state index contributed by atoms with van der Waals surface area (Å²) in [4.78, 5) is 0. The van der Waals surface area contributed by atoms with Crippen molar-refractivity contribution >= 4 is 0 Å². The molecule has 0 aromatic heterocycles. The molecule has 0 fully saturated rings. The molecule has 0 saturated carbocycles. The van der Waals surface area contributed by atoms with Crippen LogP contribution >= 0.6 is 0 Å². The first-order valence-corrected chi connectivity index (χ1v) is 4.51. The number of hydrogen-bond acceptors (Lipinski definition) is 1. The van der Waals surface area contributed by atoms with Crippen molar-refractivity contribution in [1.29, 1.82) is 0 Å². The second kappa shape index (κ2) is 3.09. The molecule has 2 rings (SSSR count). The topological polar surface area (TPSA) is 26.0 Å². The Hall–Kier alpha value is -1.50. The van der Waals surface area contributed by atoms with Gasteiger partial charge in [-0.2, -0.15) is 0 Å². The van der Waals surface area contributed by atoms with Gasteiger partial charge in [0, 0.05) is 11.6 Å². The van der Waals surface area contributed by atoms with Crippen LogP contribution in [-0.2, 0) is 0 Å². The molecule has 0 bridgehead atoms. The van der Waals surface area contributed by atoms with E-state index in [9.17, 15) is 0 Å². The summed E-state index contributed by atoms with van der Waals surface area (Å²) in [5.74, 6) is 0.424. The Labute approximate surface area is 78.6 Å². The minimum absolute atomic E-state index is 0.424. The van der Waals surface area contributed by atoms with E-state index in [1.54, 1.807) is 0 Å². The molecule has 0 amide bonds. The Morgan fingerprint density at radius 3 is 2.38 bits per heavy atom. The summed E-state index contributed by atoms with van der Waals surface area (Å²) < 4.78 is 0. The number of hydrogen-bond donors (Lipinski definition) is 1. The Bertz CT molecular complexity index is 351. The molecule has 0 aromatic rings. The first kappa shape index (κ1) is 8.11. The van der Waals surface area contributed by atoms with Gasteiger partial charge in [-0.05, 0) is 17.2 Å². The van der Waals surface area contributed by atoms with Gasteiger partial charge in [0.25, 0.3) is 0 Å². The number of rotatable bonds is 0. The maximum atomic E-state index is 5.70. The smallest absolute Gasteiger partial charge is 0.0279 e. The van der Waals surface area contributed by atoms with Crippen LogP contribution in [0.25, 0.3) is 0 Å². The van der Waals surface area contributed by atoms with Crippen LogP contribution in [0.15, 0.2) is 59.4 Å². The van der Waals surface area contributed by atoms with Gasteiger partial charge in [0.05, 0.1) is 0 Å². The van der Waals surface area contributed by atoms with Crippen molar-refractivity contribution in [2.75, 3.05) is 0 Å². The van der Waals surface area contributed by atoms with Crippen molar-refractivity contribution in [3.63, 3.8) is 0 Å². The van der Waals surface area contributed by atoms with E-state index in [4.69, 9.17) is 5.73 Å². The summed E-state index contributed by atoms with van der Waals surface area (Å²) in [6.45, 7) is 2.17. The van der Waals surface area contributed by atoms with Gasteiger partial charge in [0.1, 0.15) is 0 Å². The third-order valence-corrected chi connectivity index (χ3v) is 2.38. The minimum Gasteiger partial charge on any atom is -0.399 e. The predicted octanol–water partition coefficient (Wildman–Crippen LogP) is 2.46. The second-order valence-electron chi connectivity index (χ2n) is 3.42. The molecule has 0 heterocycles. The van der Waals surface area contributed by atoms with Crippen molar-refractivity contribution in [2.24, 2.45) is 11.7 Å². The SMILES string of the molecule is CC1C=C(N)C=CC1=C1C=CC=C1. The second-order valence-corrected chi connectivity index (χ2v) is 3.42. The lowest BCUT2D eigenvalue weighted by Gasteiger charge is -2.15. The molecule has 1 heteroatoms. The van der Waals surface area contributed by atoms with E-state index in [-0.39, 0.29) is 0 Å². The van der Waals surface area contributed by atoms with Gasteiger partial charge in [0.2, 0.25) is 0 Å². The standard InChI is InChI=1S/C12H13N/c1-9-8-11(13)6-7-12(9)10-4-2-3-5-10/h2-9H,13H2,1H3. The van der Waals surface area contributed by atoms with Gasteiger partial charge in [-0.25, -0.2) is 0 Å². The highest BCUT2D eigenvalue weighted by Gasteiger charge is 2.11. The lowest BCUT2D eigenvalue weighted by atomic mass is 9.91. The minimum atomic E-state index is 0.424. The molecule has 0 spiro atoms. The van der Waals surface area contributed by atoms with E-state index in [1.807, 2.05) is 6.08 Å². The van der Waals surface area contributed by atoms with Gasteiger partial charge in [-0.1, -0.05) is 43.4 Å². The number of allylic oxidation sites excluding steroid dienone is 9. The molecule has 2 N–H and O–H groups in total. The van der Waals surface area contributed by atoms with E-state index >= 15 is 0 Å². The predicted molar refractivity (Wildman–Crippen MR) is 55.9 cm³/mol. The Balaban J connectivity index is 2.38. The maximum Gasteiger partial charge on any atom is 0.0279 e. The van der Waals surface area contributed by atoms with Crippen molar-refractivity contribution in [3.8, 4) is 0 Å². The molecule has 2 aliphatic rings. The van der Waals surface area contributed by atoms with Crippen molar-refractivity contribution in [1.82, 2.24) is 0 Å². The first-order valence-electron chi connectivity index (χ1n) is 4.51. The zero-order valence-electron chi connectivity index (χ0n) is 7.70. The Kier molecular flexibility index (Phi) is 1.93. The van der Waals surface area contributed by atoms with E-state index < -0.39 is 0 Å². The molecule has 0 radical (unpaired) electrons. The van der Waals surface area contributed by atoms with Crippen molar-refractivity contribution < 1.29 is 0 Å². The molecule has 2 aliphatic carbocycles. The summed E-state index contributed by atoms with van der Waals surface area (Å²) in [5.41, 5.74) is 9.21. The van der Waals surface area contributed by atoms with Crippen LogP contribution in [0.1, 0.15) is 6.92 Å². The van der Waals surface area contributed by atoms with Crippen molar-refractivity contribution in [2.45, 2.75) is 6.92 Å². The monoisotopic (exact) mass is 171 g/mol. The molecule has 1 unspecified atom stereocenters. The zero-order valence-corrected chi connectivity index (χ0v) is 7.70. The quantitative estimate of drug-likeness (QED) is 0.595. The van der Waals surface area contributed by atoms with Gasteiger partial charge in [-0.3, -0.25) is 0 Å². The molecule has 0 saturated heterocycles. The Morgan fingerprint density at radius 1 is 1.08 bits per heavy atom. The van der Waals surface area contributed by atoms with Crippen LogP contribution in [0.4, 0.5) is 0 Å². The van der Waals surface area contributed by atoms with Crippen LogP contribution in [0.2, 0.25) is 0 Å². The molecule has 13 heavy (non-hydrogen) atoms. The van der Waals surface area contributed by atoms with Crippen LogP contribution in [0.3, 0.4) is 0 Å². The van der Waals surface area contributed by atoms with Crippen LogP contribution in [0, 0.1) is 5.92 Å². The largest absolute Gasteiger partial charge is 0.399 e. The summed E-state index contributed by atoms with van der Waals surface area (Å²) in [6.07, 6.45) is 14.5. The average Bonchev–Trinajstić information content (AvgIpc) is 2.56. The van der Waals surface area contributed by atoms with E-state index in [2.05, 4.69) is 43.4 Å². The van der Waals surface area contributed by atoms with E-state index in [0.29, 0.717) is 5.92 Å². The maximum absolute atomic E-state index is 5.70. The molecular formula is C12H13N. The summed E-state index contributed by atoms with van der Waals surface area (Å²) in [5, 5.41) is 0. The van der Waals surface area contributed by atoms with Gasteiger partial charge >= 0.3 is 0 Å². The molecule has 0 aromatic carbocycles. The molecular weight excluding hydrogens is 158 g/mol. The zero-order chi connectivity index (χ0) is 9.26. The molecule has 1 atom stereocenters. The molecule has 0 aliphatic heterocycles. The van der Waals surface area contributed by atoms with Crippen LogP contribution < -0.4 is 5.73 Å². The van der Waals surface area contributed by atoms with Gasteiger partial charge < -0.3 is 5.73 Å². The fourth-order valence-electron chi connectivity index (χ4n) is 1.70.